The Morgan fingerprint density at radius 1 is 1.24 bits per heavy atom. The first-order chi connectivity index (χ1) is 16.5. The predicted molar refractivity (Wildman–Crippen MR) is 131 cm³/mol. The quantitative estimate of drug-likeness (QED) is 0.416. The van der Waals surface area contributed by atoms with E-state index in [1.54, 1.807) is 25.4 Å². The van der Waals surface area contributed by atoms with Crippen molar-refractivity contribution in [3.05, 3.63) is 64.5 Å². The zero-order valence-corrected chi connectivity index (χ0v) is 20.3. The van der Waals surface area contributed by atoms with E-state index < -0.39 is 18.1 Å². The Kier molecular flexibility index (Phi) is 7.59. The smallest absolute Gasteiger partial charge is 0.329 e. The lowest BCUT2D eigenvalue weighted by Crippen LogP contribution is -2.52. The summed E-state index contributed by atoms with van der Waals surface area (Å²) in [5, 5.41) is 2.96. The van der Waals surface area contributed by atoms with Crippen LogP contribution in [0.2, 0.25) is 0 Å². The van der Waals surface area contributed by atoms with Crippen LogP contribution in [0.1, 0.15) is 30.8 Å². The van der Waals surface area contributed by atoms with Crippen molar-refractivity contribution in [2.75, 3.05) is 18.6 Å². The fourth-order valence-electron chi connectivity index (χ4n) is 3.87. The summed E-state index contributed by atoms with van der Waals surface area (Å²) < 4.78 is 16.6. The van der Waals surface area contributed by atoms with Gasteiger partial charge in [0.2, 0.25) is 0 Å². The topological polar surface area (TPSA) is 78.0 Å². The summed E-state index contributed by atoms with van der Waals surface area (Å²) in [6, 6.07) is 14.3. The Balaban J connectivity index is 1.62. The third kappa shape index (κ3) is 5.13. The number of ether oxygens (including phenoxy) is 3. The van der Waals surface area contributed by atoms with E-state index in [9.17, 15) is 9.59 Å². The van der Waals surface area contributed by atoms with Gasteiger partial charge in [0.25, 0.3) is 5.91 Å². The Labute approximate surface area is 203 Å². The molecule has 0 fully saturated rings. The van der Waals surface area contributed by atoms with Crippen LogP contribution in [0.15, 0.2) is 53.9 Å². The summed E-state index contributed by atoms with van der Waals surface area (Å²) in [5.41, 5.74) is 3.10. The molecule has 1 amide bonds. The summed E-state index contributed by atoms with van der Waals surface area (Å²) in [6.07, 6.45) is 0.449. The number of aromatic nitrogens is 1. The standard InChI is InChI=1S/C26H28N2O5S/c1-4-21(26(30)32-15-18-8-6-5-7-9-18)28-22-14-19(10-11-23(22)33-17(2)25(28)29)20-16-34-24(27-20)12-13-31-3/h5-11,14,16-17,21H,4,12-13,15H2,1-3H3. The van der Waals surface area contributed by atoms with Gasteiger partial charge in [0.15, 0.2) is 6.10 Å². The molecule has 2 unspecified atom stereocenters. The number of fused-ring (bicyclic) bond motifs is 1. The van der Waals surface area contributed by atoms with Crippen LogP contribution in [-0.4, -0.2) is 42.7 Å². The number of rotatable bonds is 9. The van der Waals surface area contributed by atoms with E-state index >= 15 is 0 Å². The molecule has 2 atom stereocenters. The van der Waals surface area contributed by atoms with Crippen molar-refractivity contribution < 1.29 is 23.8 Å². The SMILES string of the molecule is CCC(C(=O)OCc1ccccc1)N1C(=O)C(C)Oc2ccc(-c3csc(CCOC)n3)cc21. The molecule has 1 aromatic heterocycles. The number of esters is 1. The molecule has 8 heteroatoms. The van der Waals surface area contributed by atoms with Crippen molar-refractivity contribution >= 4 is 28.9 Å². The maximum atomic E-state index is 13.2. The Morgan fingerprint density at radius 2 is 2.03 bits per heavy atom. The maximum Gasteiger partial charge on any atom is 0.329 e. The van der Waals surface area contributed by atoms with E-state index in [1.807, 2.05) is 60.8 Å². The van der Waals surface area contributed by atoms with E-state index in [0.717, 1.165) is 28.2 Å². The molecule has 2 aromatic carbocycles. The average molecular weight is 481 g/mol. The lowest BCUT2D eigenvalue weighted by atomic mass is 10.0. The Bertz CT molecular complexity index is 1150. The van der Waals surface area contributed by atoms with Crippen LogP contribution >= 0.6 is 11.3 Å². The van der Waals surface area contributed by atoms with Gasteiger partial charge in [0.05, 0.1) is 23.0 Å². The number of hydrogen-bond acceptors (Lipinski definition) is 7. The van der Waals surface area contributed by atoms with Crippen molar-refractivity contribution in [1.82, 2.24) is 4.98 Å². The summed E-state index contributed by atoms with van der Waals surface area (Å²) in [7, 11) is 1.67. The second-order valence-electron chi connectivity index (χ2n) is 8.04. The Hall–Kier alpha value is -3.23. The fraction of sp³-hybridized carbons (Fsp3) is 0.346. The van der Waals surface area contributed by atoms with Gasteiger partial charge in [-0.1, -0.05) is 37.3 Å². The second-order valence-corrected chi connectivity index (χ2v) is 8.98. The highest BCUT2D eigenvalue weighted by molar-refractivity contribution is 7.09. The largest absolute Gasteiger partial charge is 0.479 e. The fourth-order valence-corrected chi connectivity index (χ4v) is 4.66. The maximum absolute atomic E-state index is 13.2. The molecule has 2 heterocycles. The molecule has 4 rings (SSSR count). The van der Waals surface area contributed by atoms with Crippen LogP contribution in [0.4, 0.5) is 5.69 Å². The van der Waals surface area contributed by atoms with E-state index in [0.29, 0.717) is 24.5 Å². The number of anilines is 1. The molecule has 1 aliphatic rings. The Morgan fingerprint density at radius 3 is 2.76 bits per heavy atom. The van der Waals surface area contributed by atoms with Crippen LogP contribution in [0.25, 0.3) is 11.3 Å². The molecule has 0 aliphatic carbocycles. The van der Waals surface area contributed by atoms with Gasteiger partial charge >= 0.3 is 5.97 Å². The highest BCUT2D eigenvalue weighted by Crippen LogP contribution is 2.39. The number of amides is 1. The van der Waals surface area contributed by atoms with Gasteiger partial charge in [-0.3, -0.25) is 9.69 Å². The lowest BCUT2D eigenvalue weighted by Gasteiger charge is -2.37. The molecule has 0 saturated heterocycles. The third-order valence-electron chi connectivity index (χ3n) is 5.67. The molecule has 1 aliphatic heterocycles. The van der Waals surface area contributed by atoms with E-state index in [2.05, 4.69) is 0 Å². The first-order valence-corrected chi connectivity index (χ1v) is 12.2. The minimum Gasteiger partial charge on any atom is -0.479 e. The van der Waals surface area contributed by atoms with Gasteiger partial charge in [-0.05, 0) is 37.1 Å². The van der Waals surface area contributed by atoms with Crippen LogP contribution in [0, 0.1) is 0 Å². The van der Waals surface area contributed by atoms with E-state index in [1.165, 1.54) is 4.90 Å². The number of methoxy groups -OCH3 is 1. The van der Waals surface area contributed by atoms with Crippen molar-refractivity contribution in [2.24, 2.45) is 0 Å². The highest BCUT2D eigenvalue weighted by Gasteiger charge is 2.39. The van der Waals surface area contributed by atoms with Crippen molar-refractivity contribution in [3.63, 3.8) is 0 Å². The van der Waals surface area contributed by atoms with Gasteiger partial charge in [0.1, 0.15) is 18.4 Å². The molecule has 3 aromatic rings. The zero-order valence-electron chi connectivity index (χ0n) is 19.5. The van der Waals surface area contributed by atoms with Crippen LogP contribution < -0.4 is 9.64 Å². The van der Waals surface area contributed by atoms with Crippen LogP contribution in [-0.2, 0) is 32.1 Å². The van der Waals surface area contributed by atoms with Crippen LogP contribution in [0.3, 0.4) is 0 Å². The molecule has 34 heavy (non-hydrogen) atoms. The van der Waals surface area contributed by atoms with Crippen molar-refractivity contribution in [1.29, 1.82) is 0 Å². The zero-order chi connectivity index (χ0) is 24.1. The summed E-state index contributed by atoms with van der Waals surface area (Å²) in [6.45, 7) is 4.32. The summed E-state index contributed by atoms with van der Waals surface area (Å²) >= 11 is 1.57. The number of carbonyl (C=O) groups is 2. The van der Waals surface area contributed by atoms with E-state index in [-0.39, 0.29) is 12.5 Å². The molecule has 0 saturated carbocycles. The molecule has 0 spiro atoms. The molecule has 0 radical (unpaired) electrons. The summed E-state index contributed by atoms with van der Waals surface area (Å²) in [5.74, 6) is -0.159. The van der Waals surface area contributed by atoms with Gasteiger partial charge in [-0.25, -0.2) is 9.78 Å². The molecular weight excluding hydrogens is 452 g/mol. The number of carbonyl (C=O) groups excluding carboxylic acids is 2. The minimum absolute atomic E-state index is 0.153. The van der Waals surface area contributed by atoms with Gasteiger partial charge in [-0.2, -0.15) is 0 Å². The molecule has 7 nitrogen and oxygen atoms in total. The first kappa shape index (κ1) is 23.9. The van der Waals surface area contributed by atoms with E-state index in [4.69, 9.17) is 19.2 Å². The normalized spacial score (nSPS) is 16.0. The number of hydrogen-bond donors (Lipinski definition) is 0. The van der Waals surface area contributed by atoms with Crippen molar-refractivity contribution in [3.8, 4) is 17.0 Å². The monoisotopic (exact) mass is 480 g/mol. The van der Waals surface area contributed by atoms with Gasteiger partial charge < -0.3 is 14.2 Å². The number of nitrogens with zero attached hydrogens (tertiary/aromatic N) is 2. The predicted octanol–water partition coefficient (Wildman–Crippen LogP) is 4.63. The lowest BCUT2D eigenvalue weighted by molar-refractivity contribution is -0.148. The van der Waals surface area contributed by atoms with Crippen molar-refractivity contribution in [2.45, 2.75) is 45.4 Å². The highest BCUT2D eigenvalue weighted by atomic mass is 32.1. The molecule has 0 bridgehead atoms. The number of thiazole rings is 1. The molecular formula is C26H28N2O5S. The summed E-state index contributed by atoms with van der Waals surface area (Å²) in [4.78, 5) is 32.5. The van der Waals surface area contributed by atoms with Gasteiger partial charge in [0, 0.05) is 24.5 Å². The number of benzene rings is 2. The average Bonchev–Trinajstić information content (AvgIpc) is 3.33. The minimum atomic E-state index is -0.760. The first-order valence-electron chi connectivity index (χ1n) is 11.3. The van der Waals surface area contributed by atoms with Crippen LogP contribution in [0.5, 0.6) is 5.75 Å². The molecule has 0 N–H and O–H groups in total. The van der Waals surface area contributed by atoms with Gasteiger partial charge in [-0.15, -0.1) is 11.3 Å². The molecule has 178 valence electrons. The third-order valence-corrected chi connectivity index (χ3v) is 6.58. The second kappa shape index (κ2) is 10.8.